The van der Waals surface area contributed by atoms with Crippen LogP contribution in [0.15, 0.2) is 58.6 Å². The molecule has 0 aromatic heterocycles. The Morgan fingerprint density at radius 3 is 2.55 bits per heavy atom. The highest BCUT2D eigenvalue weighted by Crippen LogP contribution is 2.55. The van der Waals surface area contributed by atoms with E-state index >= 15 is 0 Å². The van der Waals surface area contributed by atoms with Crippen molar-refractivity contribution in [2.24, 2.45) is 5.92 Å². The lowest BCUT2D eigenvalue weighted by Crippen LogP contribution is -2.13. The molecule has 106 valence electrons. The van der Waals surface area contributed by atoms with Crippen molar-refractivity contribution >= 4 is 17.4 Å². The number of hydrogen-bond acceptors (Lipinski definition) is 0. The molecule has 3 rings (SSSR count). The molecule has 20 heavy (non-hydrogen) atoms. The summed E-state index contributed by atoms with van der Waals surface area (Å²) in [6.07, 6.45) is 20.3. The molecular weight excluding hydrogens is 276 g/mol. The summed E-state index contributed by atoms with van der Waals surface area (Å²) in [4.78, 5) is 1.69. The first-order chi connectivity index (χ1) is 9.74. The largest absolute Gasteiger partial charge is 0.174 e. The predicted octanol–water partition coefficient (Wildman–Crippen LogP) is 5.57. The van der Waals surface area contributed by atoms with Crippen LogP contribution in [-0.4, -0.2) is 12.8 Å². The molecule has 0 aromatic carbocycles. The van der Waals surface area contributed by atoms with E-state index in [0.29, 0.717) is 15.8 Å². The maximum absolute atomic E-state index is 2.51. The molecule has 0 radical (unpaired) electrons. The van der Waals surface area contributed by atoms with E-state index in [1.54, 1.807) is 16.1 Å². The van der Waals surface area contributed by atoms with E-state index < -0.39 is 0 Å². The zero-order valence-corrected chi connectivity index (χ0v) is 14.5. The van der Waals surface area contributed by atoms with E-state index in [0.717, 1.165) is 5.25 Å². The van der Waals surface area contributed by atoms with Gasteiger partial charge in [0.15, 0.2) is 0 Å². The minimum absolute atomic E-state index is 0.275. The Morgan fingerprint density at radius 2 is 1.90 bits per heavy atom. The monoisotopic (exact) mass is 300 g/mol. The third-order valence-corrected chi connectivity index (χ3v) is 11.2. The van der Waals surface area contributed by atoms with E-state index in [1.807, 2.05) is 0 Å². The number of hydrogen-bond donors (Lipinski definition) is 0. The second-order valence-electron chi connectivity index (χ2n) is 5.93. The summed E-state index contributed by atoms with van der Waals surface area (Å²) in [7, 11) is 0.234. The zero-order valence-electron chi connectivity index (χ0n) is 12.7. The Bertz CT molecular complexity index is 583. The van der Waals surface area contributed by atoms with E-state index in [2.05, 4.69) is 62.5 Å². The van der Waals surface area contributed by atoms with Crippen molar-refractivity contribution in [1.82, 2.24) is 0 Å². The Hall–Kier alpha value is -0.733. The van der Waals surface area contributed by atoms with Crippen LogP contribution in [0.25, 0.3) is 0 Å². The summed E-state index contributed by atoms with van der Waals surface area (Å²) in [5, 5.41) is 0.822. The molecule has 0 saturated heterocycles. The van der Waals surface area contributed by atoms with E-state index in [1.165, 1.54) is 19.3 Å². The first kappa shape index (κ1) is 14.2. The number of fused-ring (bicyclic) bond motifs is 1. The van der Waals surface area contributed by atoms with Gasteiger partial charge in [0.2, 0.25) is 0 Å². The topological polar surface area (TPSA) is 0 Å². The van der Waals surface area contributed by atoms with Crippen LogP contribution >= 0.6 is 9.89 Å². The van der Waals surface area contributed by atoms with Gasteiger partial charge in [0.25, 0.3) is 0 Å². The highest BCUT2D eigenvalue weighted by molar-refractivity contribution is 8.25. The first-order valence-corrected chi connectivity index (χ1v) is 12.3. The summed E-state index contributed by atoms with van der Waals surface area (Å²) in [6, 6.07) is 0. The lowest BCUT2D eigenvalue weighted by atomic mass is 9.91. The highest BCUT2D eigenvalue weighted by Gasteiger charge is 2.35. The van der Waals surface area contributed by atoms with Crippen LogP contribution in [0.4, 0.5) is 0 Å². The van der Waals surface area contributed by atoms with Crippen molar-refractivity contribution in [3.63, 3.8) is 0 Å². The van der Waals surface area contributed by atoms with E-state index in [4.69, 9.17) is 0 Å². The molecule has 0 aromatic rings. The third kappa shape index (κ3) is 2.33. The molecular formula is C18H24SSi. The molecule has 0 N–H and O–H groups in total. The molecule has 1 aliphatic heterocycles. The smallest absolute Gasteiger partial charge is 0.0425 e. The second-order valence-corrected chi connectivity index (χ2v) is 13.2. The maximum Gasteiger partial charge on any atom is 0.0425 e. The number of rotatable bonds is 4. The van der Waals surface area contributed by atoms with Gasteiger partial charge in [-0.1, -0.05) is 69.3 Å². The zero-order chi connectivity index (χ0) is 14.1. The number of allylic oxidation sites excluding steroid dienone is 8. The molecule has 2 atom stereocenters. The standard InChI is InChI=1S/C18H24SSi/c1-4-5-12-17-18(14-9-6-7-10-14)15-11-8-13-16(15)19(17)20(2)3/h6-11,13-14,17H,4-5,12H2,1-3H3. The predicted molar refractivity (Wildman–Crippen MR) is 94.4 cm³/mol. The van der Waals surface area contributed by atoms with Gasteiger partial charge in [0.1, 0.15) is 0 Å². The summed E-state index contributed by atoms with van der Waals surface area (Å²) in [6.45, 7) is 7.33. The molecule has 0 fully saturated rings. The van der Waals surface area contributed by atoms with Gasteiger partial charge >= 0.3 is 0 Å². The van der Waals surface area contributed by atoms with Gasteiger partial charge < -0.3 is 0 Å². The normalized spacial score (nSPS) is 27.6. The van der Waals surface area contributed by atoms with Gasteiger partial charge in [0, 0.05) is 23.6 Å². The van der Waals surface area contributed by atoms with E-state index in [9.17, 15) is 0 Å². The molecule has 0 spiro atoms. The Labute approximate surface area is 126 Å². The van der Waals surface area contributed by atoms with Crippen molar-refractivity contribution in [3.05, 3.63) is 58.6 Å². The van der Waals surface area contributed by atoms with Crippen molar-refractivity contribution in [2.75, 3.05) is 0 Å². The fraction of sp³-hybridized carbons (Fsp3) is 0.444. The van der Waals surface area contributed by atoms with Crippen LogP contribution in [-0.2, 0) is 0 Å². The van der Waals surface area contributed by atoms with Crippen molar-refractivity contribution in [2.45, 2.75) is 44.5 Å². The summed E-state index contributed by atoms with van der Waals surface area (Å²) >= 11 is 0. The first-order valence-electron chi connectivity index (χ1n) is 7.75. The van der Waals surface area contributed by atoms with Gasteiger partial charge in [-0.15, -0.1) is 0 Å². The van der Waals surface area contributed by atoms with Crippen molar-refractivity contribution in [1.29, 1.82) is 0 Å². The summed E-state index contributed by atoms with van der Waals surface area (Å²) in [5.41, 5.74) is 3.33. The molecule has 0 amide bonds. The fourth-order valence-electron chi connectivity index (χ4n) is 3.49. The van der Waals surface area contributed by atoms with Gasteiger partial charge in [-0.05, 0) is 23.6 Å². The van der Waals surface area contributed by atoms with Crippen molar-refractivity contribution < 1.29 is 0 Å². The Kier molecular flexibility index (Phi) is 4.23. The Balaban J connectivity index is 2.07. The van der Waals surface area contributed by atoms with Gasteiger partial charge in [0.05, 0.1) is 0 Å². The number of unbranched alkanes of at least 4 members (excludes halogenated alkanes) is 1. The highest BCUT2D eigenvalue weighted by atomic mass is 32.3. The Morgan fingerprint density at radius 1 is 1.15 bits per heavy atom. The van der Waals surface area contributed by atoms with Crippen LogP contribution in [0, 0.1) is 5.92 Å². The van der Waals surface area contributed by atoms with Crippen LogP contribution in [0.5, 0.6) is 0 Å². The van der Waals surface area contributed by atoms with Crippen LogP contribution in [0.3, 0.4) is 0 Å². The summed E-state index contributed by atoms with van der Waals surface area (Å²) < 4.78 is 0. The second kappa shape index (κ2) is 5.95. The van der Waals surface area contributed by atoms with E-state index in [-0.39, 0.29) is 7.50 Å². The van der Waals surface area contributed by atoms with Crippen LogP contribution in [0.1, 0.15) is 26.2 Å². The molecule has 2 unspecified atom stereocenters. The molecule has 2 aliphatic carbocycles. The minimum atomic E-state index is -0.275. The average Bonchev–Trinajstić information content (AvgIpc) is 3.11. The molecule has 0 bridgehead atoms. The van der Waals surface area contributed by atoms with Gasteiger partial charge in [-0.25, -0.2) is 0 Å². The van der Waals surface area contributed by atoms with Gasteiger partial charge in [-0.3, -0.25) is 0 Å². The molecule has 0 saturated carbocycles. The third-order valence-electron chi connectivity index (χ3n) is 4.32. The average molecular weight is 301 g/mol. The lowest BCUT2D eigenvalue weighted by Gasteiger charge is -2.22. The lowest BCUT2D eigenvalue weighted by molar-refractivity contribution is 0.703. The maximum atomic E-state index is 2.51. The van der Waals surface area contributed by atoms with Crippen LogP contribution < -0.4 is 0 Å². The molecule has 0 nitrogen and oxygen atoms in total. The summed E-state index contributed by atoms with van der Waals surface area (Å²) in [5.74, 6) is 0.567. The van der Waals surface area contributed by atoms with Crippen LogP contribution in [0.2, 0.25) is 13.1 Å². The molecule has 2 heteroatoms. The fourth-order valence-corrected chi connectivity index (χ4v) is 10.7. The molecule has 3 aliphatic rings. The quantitative estimate of drug-likeness (QED) is 0.595. The minimum Gasteiger partial charge on any atom is -0.174 e. The van der Waals surface area contributed by atoms with Crippen molar-refractivity contribution in [3.8, 4) is 0 Å². The SMILES string of the molecule is CCCCC1C(C2C=CC=C2)=C2C=CC=C2S1=[Si](C)C. The molecule has 1 heterocycles. The van der Waals surface area contributed by atoms with Gasteiger partial charge in [-0.2, -0.15) is 9.89 Å².